The van der Waals surface area contributed by atoms with Gasteiger partial charge in [0.2, 0.25) is 0 Å². The number of halogens is 1. The maximum Gasteiger partial charge on any atom is 0.317 e. The van der Waals surface area contributed by atoms with E-state index in [9.17, 15) is 4.79 Å². The van der Waals surface area contributed by atoms with Crippen LogP contribution < -0.4 is 5.32 Å². The molecule has 2 rings (SSSR count). The van der Waals surface area contributed by atoms with Crippen LogP contribution >= 0.6 is 15.9 Å². The Labute approximate surface area is 122 Å². The van der Waals surface area contributed by atoms with Gasteiger partial charge >= 0.3 is 6.03 Å². The molecule has 4 nitrogen and oxygen atoms in total. The van der Waals surface area contributed by atoms with Crippen LogP contribution in [-0.2, 0) is 6.42 Å². The van der Waals surface area contributed by atoms with E-state index in [0.29, 0.717) is 6.54 Å². The number of likely N-dealkylation sites (N-methyl/N-ethyl adjacent to an activating group) is 1. The third-order valence-corrected chi connectivity index (χ3v) is 4.19. The molecule has 1 heterocycles. The third-order valence-electron chi connectivity index (χ3n) is 3.42. The summed E-state index contributed by atoms with van der Waals surface area (Å²) in [4.78, 5) is 16.1. The molecule has 0 spiro atoms. The first-order chi connectivity index (χ1) is 9.16. The van der Waals surface area contributed by atoms with Gasteiger partial charge in [0.05, 0.1) is 0 Å². The predicted molar refractivity (Wildman–Crippen MR) is 80.3 cm³/mol. The Bertz CT molecular complexity index is 430. The molecular weight excluding hydrogens is 306 g/mol. The molecule has 0 unspecified atom stereocenters. The zero-order valence-corrected chi connectivity index (χ0v) is 12.8. The Balaban J connectivity index is 1.74. The SMILES string of the molecule is CN1CCN(C(=O)NCCc2ccccc2Br)CC1. The highest BCUT2D eigenvalue weighted by Gasteiger charge is 2.18. The van der Waals surface area contributed by atoms with Crippen molar-refractivity contribution in [3.63, 3.8) is 0 Å². The van der Waals surface area contributed by atoms with Gasteiger partial charge in [-0.3, -0.25) is 0 Å². The van der Waals surface area contributed by atoms with Crippen LogP contribution in [0.15, 0.2) is 28.7 Å². The van der Waals surface area contributed by atoms with Gasteiger partial charge in [-0.1, -0.05) is 34.1 Å². The summed E-state index contributed by atoms with van der Waals surface area (Å²) in [5, 5.41) is 2.99. The third kappa shape index (κ3) is 4.21. The molecule has 1 N–H and O–H groups in total. The molecule has 1 fully saturated rings. The first kappa shape index (κ1) is 14.3. The average Bonchev–Trinajstić information content (AvgIpc) is 2.41. The van der Waals surface area contributed by atoms with Crippen molar-refractivity contribution in [3.8, 4) is 0 Å². The van der Waals surface area contributed by atoms with Gasteiger partial charge in [0, 0.05) is 37.2 Å². The van der Waals surface area contributed by atoms with Crippen molar-refractivity contribution < 1.29 is 4.79 Å². The number of hydrogen-bond acceptors (Lipinski definition) is 2. The van der Waals surface area contributed by atoms with Crippen LogP contribution in [0.4, 0.5) is 4.79 Å². The lowest BCUT2D eigenvalue weighted by Crippen LogP contribution is -2.50. The molecule has 0 bridgehead atoms. The van der Waals surface area contributed by atoms with E-state index in [2.05, 4.69) is 39.3 Å². The van der Waals surface area contributed by atoms with Gasteiger partial charge in [-0.05, 0) is 25.1 Å². The summed E-state index contributed by atoms with van der Waals surface area (Å²) in [6.07, 6.45) is 0.848. The standard InChI is InChI=1S/C14H20BrN3O/c1-17-8-10-18(11-9-17)14(19)16-7-6-12-4-2-3-5-13(12)15/h2-5H,6-11H2,1H3,(H,16,19). The highest BCUT2D eigenvalue weighted by molar-refractivity contribution is 9.10. The van der Waals surface area contributed by atoms with E-state index < -0.39 is 0 Å². The number of nitrogens with zero attached hydrogens (tertiary/aromatic N) is 2. The minimum absolute atomic E-state index is 0.0557. The van der Waals surface area contributed by atoms with Crippen LogP contribution in [0.1, 0.15) is 5.56 Å². The van der Waals surface area contributed by atoms with Crippen LogP contribution in [-0.4, -0.2) is 55.6 Å². The van der Waals surface area contributed by atoms with Gasteiger partial charge in [-0.2, -0.15) is 0 Å². The Morgan fingerprint density at radius 1 is 1.26 bits per heavy atom. The molecule has 19 heavy (non-hydrogen) atoms. The van der Waals surface area contributed by atoms with Crippen molar-refractivity contribution in [3.05, 3.63) is 34.3 Å². The molecule has 0 aliphatic carbocycles. The summed E-state index contributed by atoms with van der Waals surface area (Å²) in [6.45, 7) is 4.22. The highest BCUT2D eigenvalue weighted by Crippen LogP contribution is 2.15. The van der Waals surface area contributed by atoms with Crippen molar-refractivity contribution in [2.24, 2.45) is 0 Å². The fourth-order valence-corrected chi connectivity index (χ4v) is 2.61. The van der Waals surface area contributed by atoms with Crippen LogP contribution in [0, 0.1) is 0 Å². The quantitative estimate of drug-likeness (QED) is 0.922. The zero-order valence-electron chi connectivity index (χ0n) is 11.2. The van der Waals surface area contributed by atoms with Crippen LogP contribution in [0.25, 0.3) is 0 Å². The number of hydrogen-bond donors (Lipinski definition) is 1. The maximum atomic E-state index is 12.0. The van der Waals surface area contributed by atoms with E-state index in [0.717, 1.165) is 37.1 Å². The summed E-state index contributed by atoms with van der Waals surface area (Å²) in [5.41, 5.74) is 1.22. The smallest absolute Gasteiger partial charge is 0.317 e. The lowest BCUT2D eigenvalue weighted by molar-refractivity contribution is 0.154. The lowest BCUT2D eigenvalue weighted by atomic mass is 10.1. The van der Waals surface area contributed by atoms with Gasteiger partial charge in [-0.15, -0.1) is 0 Å². The summed E-state index contributed by atoms with van der Waals surface area (Å²) in [7, 11) is 2.09. The fraction of sp³-hybridized carbons (Fsp3) is 0.500. The van der Waals surface area contributed by atoms with Crippen LogP contribution in [0.5, 0.6) is 0 Å². The number of benzene rings is 1. The number of amides is 2. The molecule has 1 aliphatic rings. The van der Waals surface area contributed by atoms with Crippen LogP contribution in [0.2, 0.25) is 0 Å². The molecule has 0 radical (unpaired) electrons. The van der Waals surface area contributed by atoms with Gasteiger partial charge < -0.3 is 15.1 Å². The number of nitrogens with one attached hydrogen (secondary N) is 1. The molecule has 1 saturated heterocycles. The number of rotatable bonds is 3. The number of carbonyl (C=O) groups is 1. The topological polar surface area (TPSA) is 35.6 Å². The molecule has 104 valence electrons. The second kappa shape index (κ2) is 6.91. The molecule has 1 aromatic rings. The van der Waals surface area contributed by atoms with E-state index in [1.165, 1.54) is 5.56 Å². The lowest BCUT2D eigenvalue weighted by Gasteiger charge is -2.32. The van der Waals surface area contributed by atoms with Crippen molar-refractivity contribution in [2.75, 3.05) is 39.8 Å². The molecule has 0 atom stereocenters. The van der Waals surface area contributed by atoms with Crippen molar-refractivity contribution in [1.82, 2.24) is 15.1 Å². The molecule has 1 aromatic carbocycles. The van der Waals surface area contributed by atoms with Gasteiger partial charge in [-0.25, -0.2) is 4.79 Å². The normalized spacial score (nSPS) is 16.4. The summed E-state index contributed by atoms with van der Waals surface area (Å²) < 4.78 is 1.10. The van der Waals surface area contributed by atoms with Crippen LogP contribution in [0.3, 0.4) is 0 Å². The molecule has 5 heteroatoms. The molecule has 0 saturated carbocycles. The Kier molecular flexibility index (Phi) is 5.22. The number of piperazine rings is 1. The summed E-state index contributed by atoms with van der Waals surface area (Å²) >= 11 is 3.52. The van der Waals surface area contributed by atoms with Gasteiger partial charge in [0.15, 0.2) is 0 Å². The molecular formula is C14H20BrN3O. The Morgan fingerprint density at radius 2 is 1.95 bits per heavy atom. The zero-order chi connectivity index (χ0) is 13.7. The van der Waals surface area contributed by atoms with Crippen molar-refractivity contribution in [2.45, 2.75) is 6.42 Å². The maximum absolute atomic E-state index is 12.0. The van der Waals surface area contributed by atoms with Gasteiger partial charge in [0.1, 0.15) is 0 Å². The summed E-state index contributed by atoms with van der Waals surface area (Å²) in [5.74, 6) is 0. The predicted octanol–water partition coefficient (Wildman–Crippen LogP) is 1.95. The molecule has 2 amide bonds. The van der Waals surface area contributed by atoms with Crippen molar-refractivity contribution in [1.29, 1.82) is 0 Å². The van der Waals surface area contributed by atoms with E-state index >= 15 is 0 Å². The fourth-order valence-electron chi connectivity index (χ4n) is 2.13. The monoisotopic (exact) mass is 325 g/mol. The largest absolute Gasteiger partial charge is 0.338 e. The Hall–Kier alpha value is -1.07. The minimum Gasteiger partial charge on any atom is -0.338 e. The second-order valence-electron chi connectivity index (χ2n) is 4.86. The van der Waals surface area contributed by atoms with E-state index in [4.69, 9.17) is 0 Å². The highest BCUT2D eigenvalue weighted by atomic mass is 79.9. The molecule has 1 aliphatic heterocycles. The average molecular weight is 326 g/mol. The summed E-state index contributed by atoms with van der Waals surface area (Å²) in [6, 6.07) is 8.17. The Morgan fingerprint density at radius 3 is 2.63 bits per heavy atom. The van der Waals surface area contributed by atoms with E-state index in [1.54, 1.807) is 0 Å². The molecule has 0 aromatic heterocycles. The second-order valence-corrected chi connectivity index (χ2v) is 5.72. The first-order valence-electron chi connectivity index (χ1n) is 6.61. The first-order valence-corrected chi connectivity index (χ1v) is 7.41. The van der Waals surface area contributed by atoms with E-state index in [-0.39, 0.29) is 6.03 Å². The minimum atomic E-state index is 0.0557. The van der Waals surface area contributed by atoms with E-state index in [1.807, 2.05) is 23.1 Å². The number of carbonyl (C=O) groups excluding carboxylic acids is 1. The van der Waals surface area contributed by atoms with Crippen molar-refractivity contribution >= 4 is 22.0 Å². The number of urea groups is 1. The van der Waals surface area contributed by atoms with Gasteiger partial charge in [0.25, 0.3) is 0 Å².